The molecule has 2 aliphatic carbocycles. The summed E-state index contributed by atoms with van der Waals surface area (Å²) in [6.07, 6.45) is 2.41. The molecule has 2 aromatic heterocycles. The molecule has 0 spiro atoms. The number of nitrogens with one attached hydrogen (secondary N) is 2. The molecule has 274 valence electrons. The van der Waals surface area contributed by atoms with Crippen LogP contribution in [0.25, 0.3) is 22.8 Å². The zero-order valence-corrected chi connectivity index (χ0v) is 30.5. The van der Waals surface area contributed by atoms with Gasteiger partial charge in [-0.1, -0.05) is 72.8 Å². The smallest absolute Gasteiger partial charge is 0.137 e. The van der Waals surface area contributed by atoms with Crippen LogP contribution in [0.15, 0.2) is 182 Å². The van der Waals surface area contributed by atoms with Gasteiger partial charge >= 0.3 is 0 Å². The zero-order chi connectivity index (χ0) is 37.6. The first-order valence-electron chi connectivity index (χ1n) is 19.1. The number of nitrogens with zero attached hydrogens (tertiary/aromatic N) is 4. The van der Waals surface area contributed by atoms with Gasteiger partial charge < -0.3 is 30.0 Å². The minimum atomic E-state index is -0.713. The molecule has 0 radical (unpaired) electrons. The number of hydrogen-bond donors (Lipinski definition) is 4. The molecule has 5 unspecified atom stereocenters. The lowest BCUT2D eigenvalue weighted by Crippen LogP contribution is -2.26. The molecule has 8 aromatic rings. The van der Waals surface area contributed by atoms with Crippen molar-refractivity contribution < 1.29 is 10.2 Å². The van der Waals surface area contributed by atoms with Crippen molar-refractivity contribution >= 4 is 34.1 Å². The topological polar surface area (TPSA) is 104 Å². The van der Waals surface area contributed by atoms with Crippen LogP contribution in [-0.2, 0) is 0 Å². The molecule has 0 amide bonds. The van der Waals surface area contributed by atoms with E-state index in [1.165, 1.54) is 0 Å². The first kappa shape index (κ1) is 33.8. The summed E-state index contributed by atoms with van der Waals surface area (Å²) in [7, 11) is 0. The van der Waals surface area contributed by atoms with Gasteiger partial charge in [0.15, 0.2) is 0 Å². The molecule has 4 N–H and O–H groups in total. The summed E-state index contributed by atoms with van der Waals surface area (Å²) in [6.45, 7) is 0. The van der Waals surface area contributed by atoms with Crippen molar-refractivity contribution in [3.05, 3.63) is 194 Å². The van der Waals surface area contributed by atoms with E-state index in [1.807, 2.05) is 85.2 Å². The van der Waals surface area contributed by atoms with Gasteiger partial charge in [0.25, 0.3) is 0 Å². The minimum Gasteiger partial charge on any atom is -0.392 e. The molecule has 0 aliphatic heterocycles. The molecule has 8 heteroatoms. The van der Waals surface area contributed by atoms with E-state index in [0.29, 0.717) is 0 Å². The Morgan fingerprint density at radius 1 is 0.375 bits per heavy atom. The Hall–Kier alpha value is -6.74. The van der Waals surface area contributed by atoms with Crippen LogP contribution in [0.1, 0.15) is 23.2 Å². The van der Waals surface area contributed by atoms with Crippen LogP contribution in [0.2, 0.25) is 0 Å². The Morgan fingerprint density at radius 2 is 0.679 bits per heavy atom. The number of para-hydroxylation sites is 4. The lowest BCUT2D eigenvalue weighted by atomic mass is 9.89. The second kappa shape index (κ2) is 14.2. The summed E-state index contributed by atoms with van der Waals surface area (Å²) in [5, 5.41) is 23.0. The Bertz CT molecular complexity index is 2280. The van der Waals surface area contributed by atoms with E-state index < -0.39 is 12.2 Å². The highest BCUT2D eigenvalue weighted by atomic mass is 16.3. The number of rotatable bonds is 10. The van der Waals surface area contributed by atoms with Gasteiger partial charge in [-0.15, -0.1) is 0 Å². The van der Waals surface area contributed by atoms with Crippen LogP contribution in [-0.4, -0.2) is 42.4 Å². The van der Waals surface area contributed by atoms with Crippen LogP contribution >= 0.6 is 0 Å². The van der Waals surface area contributed by atoms with E-state index in [2.05, 4.69) is 117 Å². The first-order chi connectivity index (χ1) is 27.6. The SMILES string of the molecule is OC1C(c2cnc(-c3ccc(N(c4ccccc4)c4ccccc4)cc3)[nH]2)C2C(O)[C@@H]2C1c1cnc(-c2ccc(N(c3ccccc3)c3ccccc3)cc2)[nH]1. The highest BCUT2D eigenvalue weighted by Gasteiger charge is 2.68. The molecule has 10 rings (SSSR count). The second-order valence-electron chi connectivity index (χ2n) is 14.7. The number of hydrogen-bond acceptors (Lipinski definition) is 6. The maximum absolute atomic E-state index is 11.8. The highest BCUT2D eigenvalue weighted by Crippen LogP contribution is 2.65. The van der Waals surface area contributed by atoms with Crippen molar-refractivity contribution in [3.8, 4) is 22.8 Å². The van der Waals surface area contributed by atoms with E-state index in [0.717, 1.165) is 68.3 Å². The van der Waals surface area contributed by atoms with Crippen LogP contribution < -0.4 is 9.80 Å². The summed E-state index contributed by atoms with van der Waals surface area (Å²) in [5.74, 6) is 0.767. The van der Waals surface area contributed by atoms with Gasteiger partial charge in [-0.05, 0) is 97.1 Å². The van der Waals surface area contributed by atoms with Crippen molar-refractivity contribution in [2.45, 2.75) is 24.0 Å². The largest absolute Gasteiger partial charge is 0.392 e. The number of benzene rings is 6. The normalized spacial score (nSPS) is 21.0. The summed E-state index contributed by atoms with van der Waals surface area (Å²) in [6, 6.07) is 58.0. The number of aliphatic hydroxyl groups is 2. The van der Waals surface area contributed by atoms with E-state index in [4.69, 9.17) is 9.97 Å². The third-order valence-electron chi connectivity index (χ3n) is 11.4. The monoisotopic (exact) mass is 732 g/mol. The molecule has 0 bridgehead atoms. The molecule has 8 nitrogen and oxygen atoms in total. The summed E-state index contributed by atoms with van der Waals surface area (Å²) >= 11 is 0. The van der Waals surface area contributed by atoms with Crippen LogP contribution in [0.5, 0.6) is 0 Å². The number of aromatic nitrogens is 4. The van der Waals surface area contributed by atoms with Crippen molar-refractivity contribution in [1.82, 2.24) is 19.9 Å². The number of aromatic amines is 2. The summed E-state index contributed by atoms with van der Waals surface area (Å²) < 4.78 is 0. The number of aliphatic hydroxyl groups excluding tert-OH is 2. The zero-order valence-electron chi connectivity index (χ0n) is 30.5. The van der Waals surface area contributed by atoms with Gasteiger partial charge in [0.05, 0.1) is 12.2 Å². The molecule has 6 atom stereocenters. The molecule has 2 fully saturated rings. The average Bonchev–Trinajstić information content (AvgIpc) is 3.69. The minimum absolute atomic E-state index is 0.0658. The lowest BCUT2D eigenvalue weighted by Gasteiger charge is -2.25. The fraction of sp³-hybridized carbons (Fsp3) is 0.125. The quantitative estimate of drug-likeness (QED) is 0.112. The van der Waals surface area contributed by atoms with E-state index >= 15 is 0 Å². The van der Waals surface area contributed by atoms with Gasteiger partial charge in [0, 0.05) is 92.7 Å². The number of imidazole rings is 2. The lowest BCUT2D eigenvalue weighted by molar-refractivity contribution is 0.0932. The molecule has 0 saturated heterocycles. The van der Waals surface area contributed by atoms with E-state index in [9.17, 15) is 10.2 Å². The fourth-order valence-electron chi connectivity index (χ4n) is 8.75. The van der Waals surface area contributed by atoms with Crippen molar-refractivity contribution in [2.24, 2.45) is 11.8 Å². The standard InChI is InChI=1S/C48H40N6O2/c55-45-41(39-29-49-47(51-39)31-21-25-37(26-22-31)53(33-13-5-1-6-14-33)34-15-7-2-8-16-34)43-44(46(43)56)42(45)40-30-50-48(52-40)32-23-27-38(28-24-32)54(35-17-9-3-10-18-35)36-19-11-4-12-20-36/h1-30,41-46,55-56H,(H,49,51)(H,50,52)/t41?,42?,43-,44?,45?,46?/m1/s1. The molecule has 2 heterocycles. The summed E-state index contributed by atoms with van der Waals surface area (Å²) in [4.78, 5) is 21.0. The molecule has 2 aliphatic rings. The molecule has 56 heavy (non-hydrogen) atoms. The van der Waals surface area contributed by atoms with Crippen molar-refractivity contribution in [1.29, 1.82) is 0 Å². The molecular formula is C48H40N6O2. The van der Waals surface area contributed by atoms with Gasteiger partial charge in [0.1, 0.15) is 11.6 Å². The Labute approximate surface area is 325 Å². The average molecular weight is 733 g/mol. The Morgan fingerprint density at radius 3 is 1.00 bits per heavy atom. The van der Waals surface area contributed by atoms with E-state index in [-0.39, 0.29) is 23.7 Å². The number of fused-ring (bicyclic) bond motifs is 1. The first-order valence-corrected chi connectivity index (χ1v) is 19.1. The van der Waals surface area contributed by atoms with E-state index in [1.54, 1.807) is 0 Å². The van der Waals surface area contributed by atoms with Crippen LogP contribution in [0.4, 0.5) is 34.1 Å². The van der Waals surface area contributed by atoms with Crippen molar-refractivity contribution in [3.63, 3.8) is 0 Å². The van der Waals surface area contributed by atoms with Crippen LogP contribution in [0.3, 0.4) is 0 Å². The maximum atomic E-state index is 11.8. The fourth-order valence-corrected chi connectivity index (χ4v) is 8.75. The Kier molecular flexibility index (Phi) is 8.54. The van der Waals surface area contributed by atoms with Crippen LogP contribution in [0, 0.1) is 11.8 Å². The number of anilines is 6. The van der Waals surface area contributed by atoms with Gasteiger partial charge in [-0.2, -0.15) is 0 Å². The van der Waals surface area contributed by atoms with Gasteiger partial charge in [0.2, 0.25) is 0 Å². The third kappa shape index (κ3) is 6.05. The maximum Gasteiger partial charge on any atom is 0.137 e. The Balaban J connectivity index is 0.873. The predicted molar refractivity (Wildman–Crippen MR) is 222 cm³/mol. The molecular weight excluding hydrogens is 693 g/mol. The predicted octanol–water partition coefficient (Wildman–Crippen LogP) is 10.3. The highest BCUT2D eigenvalue weighted by molar-refractivity contribution is 5.79. The second-order valence-corrected chi connectivity index (χ2v) is 14.7. The number of H-pyrrole nitrogens is 2. The van der Waals surface area contributed by atoms with Crippen molar-refractivity contribution in [2.75, 3.05) is 9.80 Å². The molecule has 6 aromatic carbocycles. The third-order valence-corrected chi connectivity index (χ3v) is 11.4. The van der Waals surface area contributed by atoms with Gasteiger partial charge in [-0.3, -0.25) is 0 Å². The molecule has 2 saturated carbocycles. The summed E-state index contributed by atoms with van der Waals surface area (Å²) in [5.41, 5.74) is 9.91. The van der Waals surface area contributed by atoms with Gasteiger partial charge in [-0.25, -0.2) is 9.97 Å².